The maximum absolute atomic E-state index is 10.3. The van der Waals surface area contributed by atoms with Gasteiger partial charge < -0.3 is 4.74 Å². The van der Waals surface area contributed by atoms with E-state index in [1.807, 2.05) is 57.8 Å². The molecule has 0 saturated heterocycles. The quantitative estimate of drug-likeness (QED) is 0.123. The lowest BCUT2D eigenvalue weighted by Gasteiger charge is -2.29. The predicted octanol–water partition coefficient (Wildman–Crippen LogP) is 22.4. The lowest BCUT2D eigenvalue weighted by Crippen LogP contribution is -2.32. The van der Waals surface area contributed by atoms with E-state index in [0.717, 1.165) is 83.3 Å². The number of ether oxygens (including phenoxy) is 1. The lowest BCUT2D eigenvalue weighted by molar-refractivity contribution is -0.570. The van der Waals surface area contributed by atoms with Crippen LogP contribution in [0.3, 0.4) is 0 Å². The minimum atomic E-state index is -0.533. The van der Waals surface area contributed by atoms with Gasteiger partial charge in [-0.25, -0.2) is 4.98 Å². The third-order valence-corrected chi connectivity index (χ3v) is 17.9. The van der Waals surface area contributed by atoms with Crippen LogP contribution in [0.2, 0.25) is 0 Å². The van der Waals surface area contributed by atoms with Crippen LogP contribution >= 0.6 is 0 Å². The molecule has 0 atom stereocenters. The summed E-state index contributed by atoms with van der Waals surface area (Å²) in [6.45, 7) is 39.5. The largest absolute Gasteiger partial charge is 0.458 e. The van der Waals surface area contributed by atoms with E-state index in [0.29, 0.717) is 45.0 Å². The zero-order valence-electron chi connectivity index (χ0n) is 63.1. The summed E-state index contributed by atoms with van der Waals surface area (Å²) in [6, 6.07) is 45.0. The summed E-state index contributed by atoms with van der Waals surface area (Å²) in [5, 5.41) is 2.15. The fourth-order valence-corrected chi connectivity index (χ4v) is 12.5. The van der Waals surface area contributed by atoms with Gasteiger partial charge in [-0.3, -0.25) is 13.7 Å². The first-order chi connectivity index (χ1) is 45.2. The molecule has 448 valence electrons. The van der Waals surface area contributed by atoms with E-state index in [2.05, 4.69) is 233 Å². The summed E-state index contributed by atoms with van der Waals surface area (Å²) in [4.78, 5) is 4.95. The van der Waals surface area contributed by atoms with Gasteiger partial charge >= 0.3 is 0 Å². The highest BCUT2D eigenvalue weighted by atomic mass is 16.5. The number of benzene rings is 9. The molecule has 0 spiro atoms. The van der Waals surface area contributed by atoms with Crippen LogP contribution in [0.25, 0.3) is 106 Å². The van der Waals surface area contributed by atoms with Gasteiger partial charge in [0, 0.05) is 23.0 Å². The first kappa shape index (κ1) is 50.1. The number of para-hydroxylation sites is 1. The van der Waals surface area contributed by atoms with E-state index >= 15 is 0 Å². The second-order valence-electron chi connectivity index (χ2n) is 30.7. The summed E-state index contributed by atoms with van der Waals surface area (Å²) in [5.74, 6) is 1.94. The van der Waals surface area contributed by atoms with Gasteiger partial charge in [0.1, 0.15) is 17.3 Å². The minimum absolute atomic E-state index is 0.0230. The fourth-order valence-electron chi connectivity index (χ4n) is 12.5. The molecule has 0 bridgehead atoms. The molecular weight excluding hydrogens is 1080 g/mol. The number of fused-ring (bicyclic) bond motifs is 10. The highest BCUT2D eigenvalue weighted by Gasteiger charge is 2.32. The molecule has 0 saturated carbocycles. The topological polar surface area (TPSA) is 35.9 Å². The SMILES string of the molecule is [2H]c1c([2H])c([2H])c2c(c1[2H])-c1cc(C(C)(C)C)cc(-c3cc(C(C)(C)C)cc(C(C)(C)C)c3)c1-[n+]1[c-]n(-c3cccc(Oc4ccc5c6ccccc6n(-c6cc(C(C)(C)C)ccn6)c5c4)c3)c3cc(-c4cc(C(C)(C)C)cc(C(C)(C)C)c4)cc(c31)-c1c([2H])c([2H])c([2H])c([2H])c1-2. The summed E-state index contributed by atoms with van der Waals surface area (Å²) in [5.41, 5.74) is 13.2. The first-order valence-electron chi connectivity index (χ1n) is 35.3. The minimum Gasteiger partial charge on any atom is -0.458 e. The standard InChI is InChI=1S/C84H86N4O/c1-79(2,3)55-36-37-85-76(48-55)88-73-33-24-23-32-68(73)69-35-34-63(50-74(69)88)89-62-27-25-26-61(49-62)86-51-87-77-70(54-40-58(82(10,11)12)45-59(41-54)83(13,14)15)46-60(84(16,17)18)47-72(77)67-31-22-20-29-65(67)64-28-19-21-30-66(64)71-42-53(43-75(86)78(71)87)52-38-56(80(4,5)6)44-57(39-52)81(7,8)9/h19-50H,1-18H3/i19D,20D,21D,22D,28D,29D,30D,31D. The van der Waals surface area contributed by atoms with E-state index in [4.69, 9.17) is 9.72 Å². The van der Waals surface area contributed by atoms with Crippen molar-refractivity contribution in [3.63, 3.8) is 0 Å². The summed E-state index contributed by atoms with van der Waals surface area (Å²) >= 11 is 0. The van der Waals surface area contributed by atoms with Crippen LogP contribution in [0.5, 0.6) is 11.5 Å². The molecule has 0 unspecified atom stereocenters. The average molecular weight is 1180 g/mol. The summed E-state index contributed by atoms with van der Waals surface area (Å²) in [6.07, 6.45) is 5.82. The van der Waals surface area contributed by atoms with E-state index < -0.39 is 41.7 Å². The van der Waals surface area contributed by atoms with Crippen LogP contribution in [-0.2, 0) is 32.5 Å². The highest BCUT2D eigenvalue weighted by Crippen LogP contribution is 2.49. The molecule has 9 aromatic carbocycles. The van der Waals surface area contributed by atoms with E-state index in [1.54, 1.807) is 0 Å². The van der Waals surface area contributed by atoms with Crippen LogP contribution in [0.15, 0.2) is 194 Å². The van der Waals surface area contributed by atoms with Crippen molar-refractivity contribution in [2.45, 2.75) is 157 Å². The summed E-state index contributed by atoms with van der Waals surface area (Å²) in [7, 11) is 0. The number of hydrogen-bond donors (Lipinski definition) is 0. The zero-order chi connectivity index (χ0) is 70.0. The molecule has 3 aromatic heterocycles. The van der Waals surface area contributed by atoms with Gasteiger partial charge in [-0.1, -0.05) is 252 Å². The molecular formula is C84H86N4O. The maximum Gasteiger partial charge on any atom is 0.269 e. The molecule has 13 rings (SSSR count). The molecule has 5 nitrogen and oxygen atoms in total. The second kappa shape index (κ2) is 20.9. The number of imidazole rings is 1. The Hall–Kier alpha value is -8.80. The Labute approximate surface area is 540 Å². The number of aromatic nitrogens is 4. The second-order valence-corrected chi connectivity index (χ2v) is 30.7. The molecule has 5 heteroatoms. The Morgan fingerprint density at radius 3 is 1.47 bits per heavy atom. The van der Waals surface area contributed by atoms with Crippen molar-refractivity contribution in [2.75, 3.05) is 0 Å². The van der Waals surface area contributed by atoms with Gasteiger partial charge in [-0.05, 0) is 176 Å². The van der Waals surface area contributed by atoms with Gasteiger partial charge in [0.2, 0.25) is 0 Å². The number of pyridine rings is 1. The summed E-state index contributed by atoms with van der Waals surface area (Å²) < 4.78 is 92.2. The van der Waals surface area contributed by atoms with Crippen LogP contribution in [0.1, 0.15) is 169 Å². The van der Waals surface area contributed by atoms with Gasteiger partial charge in [-0.2, -0.15) is 0 Å². The fraction of sp³-hybridized carbons (Fsp3) is 0.286. The van der Waals surface area contributed by atoms with Crippen molar-refractivity contribution in [3.8, 4) is 84.3 Å². The third kappa shape index (κ3) is 10.8. The Morgan fingerprint density at radius 1 is 0.393 bits per heavy atom. The molecule has 4 heterocycles. The number of hydrogen-bond acceptors (Lipinski definition) is 2. The van der Waals surface area contributed by atoms with E-state index in [9.17, 15) is 11.0 Å². The number of nitrogens with zero attached hydrogens (tertiary/aromatic N) is 4. The van der Waals surface area contributed by atoms with Crippen molar-refractivity contribution in [1.82, 2.24) is 14.1 Å². The van der Waals surface area contributed by atoms with Crippen molar-refractivity contribution < 1.29 is 20.3 Å². The van der Waals surface area contributed by atoms with Gasteiger partial charge in [0.25, 0.3) is 6.33 Å². The lowest BCUT2D eigenvalue weighted by atomic mass is 9.77. The number of rotatable bonds is 6. The molecule has 0 fully saturated rings. The molecule has 12 aromatic rings. The van der Waals surface area contributed by atoms with E-state index in [-0.39, 0.29) is 61.4 Å². The Morgan fingerprint density at radius 2 is 0.888 bits per heavy atom. The average Bonchev–Trinajstić information content (AvgIpc) is 1.61. The van der Waals surface area contributed by atoms with Crippen LogP contribution < -0.4 is 9.30 Å². The Kier molecular flexibility index (Phi) is 11.8. The molecule has 0 N–H and O–H groups in total. The zero-order valence-corrected chi connectivity index (χ0v) is 55.1. The van der Waals surface area contributed by atoms with Crippen LogP contribution in [-0.4, -0.2) is 14.1 Å². The van der Waals surface area contributed by atoms with Crippen LogP contribution in [0, 0.1) is 6.33 Å². The van der Waals surface area contributed by atoms with Crippen LogP contribution in [0.4, 0.5) is 0 Å². The first-order valence-corrected chi connectivity index (χ1v) is 31.3. The molecule has 0 radical (unpaired) electrons. The normalized spacial score (nSPS) is 14.3. The van der Waals surface area contributed by atoms with Crippen molar-refractivity contribution in [1.29, 1.82) is 0 Å². The Balaban J connectivity index is 1.19. The molecule has 1 aliphatic rings. The van der Waals surface area contributed by atoms with Crippen molar-refractivity contribution in [3.05, 3.63) is 234 Å². The maximum atomic E-state index is 10.3. The van der Waals surface area contributed by atoms with Gasteiger partial charge in [0.05, 0.1) is 44.4 Å². The van der Waals surface area contributed by atoms with E-state index in [1.165, 1.54) is 0 Å². The highest BCUT2D eigenvalue weighted by molar-refractivity contribution is 6.10. The van der Waals surface area contributed by atoms with Gasteiger partial charge in [0.15, 0.2) is 0 Å². The monoisotopic (exact) mass is 1170 g/mol. The molecule has 89 heavy (non-hydrogen) atoms. The smallest absolute Gasteiger partial charge is 0.269 e. The van der Waals surface area contributed by atoms with Gasteiger partial charge in [-0.15, -0.1) is 0 Å². The molecule has 0 amide bonds. The third-order valence-electron chi connectivity index (χ3n) is 17.9. The molecule has 1 aliphatic heterocycles. The Bertz CT molecular complexity index is 5230. The predicted molar refractivity (Wildman–Crippen MR) is 375 cm³/mol. The molecule has 0 aliphatic carbocycles. The van der Waals surface area contributed by atoms with Crippen molar-refractivity contribution in [2.24, 2.45) is 0 Å². The van der Waals surface area contributed by atoms with Crippen molar-refractivity contribution >= 4 is 32.8 Å².